The molecule has 1 aliphatic heterocycles. The molecule has 1 nitrogen and oxygen atoms in total. The zero-order valence-corrected chi connectivity index (χ0v) is 9.72. The molecule has 1 spiro atoms. The molecule has 2 aliphatic rings. The van der Waals surface area contributed by atoms with Crippen LogP contribution in [0, 0.1) is 17.3 Å². The predicted octanol–water partition coefficient (Wildman–Crippen LogP) is 3.63. The molecule has 1 aliphatic carbocycles. The van der Waals surface area contributed by atoms with Crippen molar-refractivity contribution in [2.75, 3.05) is 13.2 Å². The second-order valence-corrected chi connectivity index (χ2v) is 5.71. The van der Waals surface area contributed by atoms with Gasteiger partial charge in [0.25, 0.3) is 0 Å². The van der Waals surface area contributed by atoms with Gasteiger partial charge < -0.3 is 4.74 Å². The van der Waals surface area contributed by atoms with Crippen LogP contribution < -0.4 is 0 Å². The molecule has 2 fully saturated rings. The number of hydrogen-bond donors (Lipinski definition) is 0. The molecule has 82 valence electrons. The van der Waals surface area contributed by atoms with Crippen molar-refractivity contribution in [3.63, 3.8) is 0 Å². The van der Waals surface area contributed by atoms with E-state index < -0.39 is 0 Å². The minimum atomic E-state index is 0.686. The van der Waals surface area contributed by atoms with Crippen LogP contribution in [0.25, 0.3) is 0 Å². The van der Waals surface area contributed by atoms with E-state index >= 15 is 0 Å². The summed E-state index contributed by atoms with van der Waals surface area (Å²) in [4.78, 5) is 0. The monoisotopic (exact) mass is 196 g/mol. The van der Waals surface area contributed by atoms with Gasteiger partial charge in [-0.2, -0.15) is 0 Å². The Morgan fingerprint density at radius 3 is 2.50 bits per heavy atom. The molecular formula is C13H24O. The van der Waals surface area contributed by atoms with Crippen molar-refractivity contribution in [2.45, 2.75) is 52.4 Å². The molecule has 0 amide bonds. The van der Waals surface area contributed by atoms with Gasteiger partial charge in [0.1, 0.15) is 0 Å². The summed E-state index contributed by atoms with van der Waals surface area (Å²) in [6, 6.07) is 0. The molecular weight excluding hydrogens is 172 g/mol. The van der Waals surface area contributed by atoms with Gasteiger partial charge in [0, 0.05) is 13.2 Å². The summed E-state index contributed by atoms with van der Waals surface area (Å²) in [5.74, 6) is 1.87. The maximum Gasteiger partial charge on any atom is 0.0471 e. The van der Waals surface area contributed by atoms with Crippen molar-refractivity contribution < 1.29 is 4.74 Å². The first-order chi connectivity index (χ1) is 6.72. The van der Waals surface area contributed by atoms with Crippen LogP contribution >= 0.6 is 0 Å². The molecule has 1 saturated carbocycles. The van der Waals surface area contributed by atoms with Crippen molar-refractivity contribution in [2.24, 2.45) is 17.3 Å². The topological polar surface area (TPSA) is 9.23 Å². The summed E-state index contributed by atoms with van der Waals surface area (Å²) in [5.41, 5.74) is 0.686. The van der Waals surface area contributed by atoms with E-state index in [4.69, 9.17) is 4.74 Å². The van der Waals surface area contributed by atoms with E-state index in [0.717, 1.165) is 25.0 Å². The summed E-state index contributed by atoms with van der Waals surface area (Å²) >= 11 is 0. The van der Waals surface area contributed by atoms with Crippen LogP contribution in [0.5, 0.6) is 0 Å². The number of hydrogen-bond acceptors (Lipinski definition) is 1. The smallest absolute Gasteiger partial charge is 0.0471 e. The Bertz CT molecular complexity index is 174. The largest absolute Gasteiger partial charge is 0.381 e. The Labute approximate surface area is 88.2 Å². The minimum Gasteiger partial charge on any atom is -0.381 e. The SMILES string of the molecule is CC(C)C1CCCC2(CCOCC2)C1. The first kappa shape index (κ1) is 10.5. The quantitative estimate of drug-likeness (QED) is 0.622. The molecule has 0 N–H and O–H groups in total. The van der Waals surface area contributed by atoms with E-state index in [1.807, 2.05) is 0 Å². The Kier molecular flexibility index (Phi) is 3.16. The maximum atomic E-state index is 5.49. The molecule has 1 heteroatoms. The highest BCUT2D eigenvalue weighted by atomic mass is 16.5. The van der Waals surface area contributed by atoms with Crippen molar-refractivity contribution in [3.8, 4) is 0 Å². The van der Waals surface area contributed by atoms with Gasteiger partial charge in [-0.15, -0.1) is 0 Å². The van der Waals surface area contributed by atoms with Crippen LogP contribution in [0.15, 0.2) is 0 Å². The maximum absolute atomic E-state index is 5.49. The molecule has 14 heavy (non-hydrogen) atoms. The molecule has 0 aromatic rings. The molecule has 0 bridgehead atoms. The summed E-state index contributed by atoms with van der Waals surface area (Å²) in [5, 5.41) is 0. The van der Waals surface area contributed by atoms with Crippen LogP contribution in [-0.4, -0.2) is 13.2 Å². The molecule has 0 aromatic heterocycles. The van der Waals surface area contributed by atoms with Crippen LogP contribution in [-0.2, 0) is 4.74 Å². The lowest BCUT2D eigenvalue weighted by atomic mass is 9.63. The molecule has 0 aromatic carbocycles. The van der Waals surface area contributed by atoms with Gasteiger partial charge in [0.15, 0.2) is 0 Å². The van der Waals surface area contributed by atoms with Crippen molar-refractivity contribution in [1.82, 2.24) is 0 Å². The predicted molar refractivity (Wildman–Crippen MR) is 59.3 cm³/mol. The van der Waals surface area contributed by atoms with Gasteiger partial charge in [-0.25, -0.2) is 0 Å². The van der Waals surface area contributed by atoms with Crippen LogP contribution in [0.1, 0.15) is 52.4 Å². The third-order valence-corrected chi connectivity index (χ3v) is 4.47. The lowest BCUT2D eigenvalue weighted by Gasteiger charge is -2.44. The van der Waals surface area contributed by atoms with E-state index in [9.17, 15) is 0 Å². The third-order valence-electron chi connectivity index (χ3n) is 4.47. The van der Waals surface area contributed by atoms with E-state index in [1.165, 1.54) is 38.5 Å². The Morgan fingerprint density at radius 1 is 1.14 bits per heavy atom. The lowest BCUT2D eigenvalue weighted by molar-refractivity contribution is -0.0228. The first-order valence-corrected chi connectivity index (χ1v) is 6.30. The van der Waals surface area contributed by atoms with Crippen molar-refractivity contribution >= 4 is 0 Å². The summed E-state index contributed by atoms with van der Waals surface area (Å²) in [6.45, 7) is 6.82. The Balaban J connectivity index is 1.97. The molecule has 0 radical (unpaired) electrons. The third kappa shape index (κ3) is 2.13. The molecule has 1 heterocycles. The fraction of sp³-hybridized carbons (Fsp3) is 1.00. The molecule has 1 atom stereocenters. The minimum absolute atomic E-state index is 0.686. The fourth-order valence-electron chi connectivity index (χ4n) is 3.33. The summed E-state index contributed by atoms with van der Waals surface area (Å²) in [6.07, 6.45) is 8.54. The molecule has 1 unspecified atom stereocenters. The lowest BCUT2D eigenvalue weighted by Crippen LogP contribution is -2.35. The summed E-state index contributed by atoms with van der Waals surface area (Å²) < 4.78 is 5.49. The zero-order valence-electron chi connectivity index (χ0n) is 9.72. The molecule has 1 saturated heterocycles. The van der Waals surface area contributed by atoms with Crippen LogP contribution in [0.3, 0.4) is 0 Å². The van der Waals surface area contributed by atoms with Crippen molar-refractivity contribution in [3.05, 3.63) is 0 Å². The van der Waals surface area contributed by atoms with Gasteiger partial charge in [0.05, 0.1) is 0 Å². The highest BCUT2D eigenvalue weighted by molar-refractivity contribution is 4.88. The van der Waals surface area contributed by atoms with Gasteiger partial charge >= 0.3 is 0 Å². The van der Waals surface area contributed by atoms with Gasteiger partial charge in [-0.05, 0) is 42.9 Å². The molecule has 2 rings (SSSR count). The van der Waals surface area contributed by atoms with Crippen LogP contribution in [0.4, 0.5) is 0 Å². The van der Waals surface area contributed by atoms with E-state index in [2.05, 4.69) is 13.8 Å². The van der Waals surface area contributed by atoms with E-state index in [1.54, 1.807) is 0 Å². The summed E-state index contributed by atoms with van der Waals surface area (Å²) in [7, 11) is 0. The normalized spacial score (nSPS) is 32.4. The second kappa shape index (κ2) is 4.22. The average Bonchev–Trinajstić information content (AvgIpc) is 2.19. The van der Waals surface area contributed by atoms with Gasteiger partial charge in [-0.3, -0.25) is 0 Å². The van der Waals surface area contributed by atoms with Gasteiger partial charge in [0.2, 0.25) is 0 Å². The highest BCUT2D eigenvalue weighted by Gasteiger charge is 2.38. The van der Waals surface area contributed by atoms with Gasteiger partial charge in [-0.1, -0.05) is 26.7 Å². The van der Waals surface area contributed by atoms with E-state index in [-0.39, 0.29) is 0 Å². The average molecular weight is 196 g/mol. The number of rotatable bonds is 1. The van der Waals surface area contributed by atoms with Crippen molar-refractivity contribution in [1.29, 1.82) is 0 Å². The standard InChI is InChI=1S/C13H24O/c1-11(2)12-4-3-5-13(10-12)6-8-14-9-7-13/h11-12H,3-10H2,1-2H3. The Morgan fingerprint density at radius 2 is 1.86 bits per heavy atom. The van der Waals surface area contributed by atoms with E-state index in [0.29, 0.717) is 5.41 Å². The fourth-order valence-corrected chi connectivity index (χ4v) is 3.33. The second-order valence-electron chi connectivity index (χ2n) is 5.71. The highest BCUT2D eigenvalue weighted by Crippen LogP contribution is 2.47. The Hall–Kier alpha value is -0.0400. The zero-order chi connectivity index (χ0) is 10.0. The van der Waals surface area contributed by atoms with Crippen LogP contribution in [0.2, 0.25) is 0 Å². The first-order valence-electron chi connectivity index (χ1n) is 6.30. The number of ether oxygens (including phenoxy) is 1.